The number of rotatable bonds is 7. The number of nitrogens with one attached hydrogen (secondary N) is 1. The second-order valence-corrected chi connectivity index (χ2v) is 10.6. The predicted octanol–water partition coefficient (Wildman–Crippen LogP) is 4.50. The number of nitrogens with zero attached hydrogens (tertiary/aromatic N) is 2. The van der Waals surface area contributed by atoms with Crippen LogP contribution < -0.4 is 25.6 Å². The molecule has 1 atom stereocenters. The van der Waals surface area contributed by atoms with Crippen molar-refractivity contribution in [2.24, 2.45) is 5.84 Å². The first-order chi connectivity index (χ1) is 19.4. The molecular weight excluding hydrogens is 508 g/mol. The van der Waals surface area contributed by atoms with Gasteiger partial charge < -0.3 is 19.3 Å². The van der Waals surface area contributed by atoms with Crippen LogP contribution in [-0.2, 0) is 13.1 Å². The molecule has 1 saturated carbocycles. The van der Waals surface area contributed by atoms with E-state index in [4.69, 9.17) is 15.3 Å². The number of hydrogen-bond donors (Lipinski definition) is 2. The third kappa shape index (κ3) is 4.46. The Morgan fingerprint density at radius 3 is 2.52 bits per heavy atom. The van der Waals surface area contributed by atoms with Gasteiger partial charge in [0.2, 0.25) is 0 Å². The minimum atomic E-state index is -0.445. The summed E-state index contributed by atoms with van der Waals surface area (Å²) in [6.45, 7) is 2.80. The zero-order valence-corrected chi connectivity index (χ0v) is 22.6. The van der Waals surface area contributed by atoms with E-state index in [2.05, 4.69) is 5.43 Å². The Morgan fingerprint density at radius 1 is 0.975 bits per heavy atom. The molecule has 0 bridgehead atoms. The van der Waals surface area contributed by atoms with Crippen LogP contribution in [0.5, 0.6) is 11.5 Å². The number of carbonyl (C=O) groups excluding carboxylic acids is 3. The maximum atomic E-state index is 13.7. The van der Waals surface area contributed by atoms with Crippen molar-refractivity contribution >= 4 is 23.4 Å². The normalized spacial score (nSPS) is 18.2. The molecule has 206 valence electrons. The van der Waals surface area contributed by atoms with Crippen molar-refractivity contribution in [1.82, 2.24) is 10.3 Å². The summed E-state index contributed by atoms with van der Waals surface area (Å²) in [5, 5.41) is 0. The van der Waals surface area contributed by atoms with E-state index in [1.807, 2.05) is 43.3 Å². The first-order valence-electron chi connectivity index (χ1n) is 13.6. The van der Waals surface area contributed by atoms with Crippen LogP contribution in [0.3, 0.4) is 0 Å². The predicted molar refractivity (Wildman–Crippen MR) is 149 cm³/mol. The van der Waals surface area contributed by atoms with Crippen molar-refractivity contribution < 1.29 is 23.9 Å². The van der Waals surface area contributed by atoms with Crippen molar-refractivity contribution in [2.45, 2.75) is 57.8 Å². The van der Waals surface area contributed by atoms with Crippen LogP contribution in [-0.4, -0.2) is 35.8 Å². The van der Waals surface area contributed by atoms with Gasteiger partial charge in [-0.25, -0.2) is 5.84 Å². The van der Waals surface area contributed by atoms with Gasteiger partial charge in [0, 0.05) is 41.5 Å². The molecule has 3 amide bonds. The lowest BCUT2D eigenvalue weighted by Gasteiger charge is -2.24. The number of fused-ring (bicyclic) bond motifs is 2. The molecule has 9 heteroatoms. The van der Waals surface area contributed by atoms with Crippen LogP contribution in [0.4, 0.5) is 5.69 Å². The Bertz CT molecular complexity index is 1510. The molecule has 0 spiro atoms. The van der Waals surface area contributed by atoms with Gasteiger partial charge in [0.05, 0.1) is 19.3 Å². The fourth-order valence-electron chi connectivity index (χ4n) is 6.06. The Hall–Kier alpha value is -4.37. The van der Waals surface area contributed by atoms with Crippen LogP contribution in [0, 0.1) is 0 Å². The van der Waals surface area contributed by atoms with Gasteiger partial charge in [-0.2, -0.15) is 0 Å². The fourth-order valence-corrected chi connectivity index (χ4v) is 6.06. The van der Waals surface area contributed by atoms with Gasteiger partial charge in [-0.05, 0) is 79.6 Å². The van der Waals surface area contributed by atoms with Crippen molar-refractivity contribution in [3.8, 4) is 11.5 Å². The van der Waals surface area contributed by atoms with Crippen LogP contribution in [0.2, 0.25) is 0 Å². The molecule has 6 rings (SSSR count). The molecule has 1 fully saturated rings. The van der Waals surface area contributed by atoms with Gasteiger partial charge in [-0.1, -0.05) is 18.2 Å². The molecular formula is C31H32N4O5. The smallest absolute Gasteiger partial charge is 0.265 e. The summed E-state index contributed by atoms with van der Waals surface area (Å²) in [6, 6.07) is 16.3. The Balaban J connectivity index is 1.22. The Morgan fingerprint density at radius 2 is 1.77 bits per heavy atom. The zero-order valence-electron chi connectivity index (χ0n) is 22.6. The average molecular weight is 541 g/mol. The van der Waals surface area contributed by atoms with Crippen molar-refractivity contribution in [2.75, 3.05) is 12.0 Å². The number of nitrogens with two attached hydrogens (primary N) is 1. The minimum absolute atomic E-state index is 0.0881. The third-order valence-electron chi connectivity index (χ3n) is 8.18. The summed E-state index contributed by atoms with van der Waals surface area (Å²) >= 11 is 0. The Labute approximate surface area is 232 Å². The van der Waals surface area contributed by atoms with E-state index < -0.39 is 5.91 Å². The van der Waals surface area contributed by atoms with Crippen molar-refractivity contribution in [3.05, 3.63) is 88.0 Å². The lowest BCUT2D eigenvalue weighted by atomic mass is 10.0. The van der Waals surface area contributed by atoms with Gasteiger partial charge in [-0.3, -0.25) is 19.8 Å². The summed E-state index contributed by atoms with van der Waals surface area (Å²) in [6.07, 6.45) is 4.53. The average Bonchev–Trinajstić information content (AvgIpc) is 3.65. The molecule has 3 N–H and O–H groups in total. The fraction of sp³-hybridized carbons (Fsp3) is 0.323. The maximum absolute atomic E-state index is 13.7. The molecule has 1 unspecified atom stereocenters. The number of hydrogen-bond acceptors (Lipinski definition) is 6. The van der Waals surface area contributed by atoms with Gasteiger partial charge in [0.15, 0.2) is 11.5 Å². The number of carbonyl (C=O) groups is 3. The number of anilines is 1. The summed E-state index contributed by atoms with van der Waals surface area (Å²) in [5.41, 5.74) is 6.97. The number of nitrogen functional groups attached to an aromatic ring is 1. The molecule has 2 aliphatic heterocycles. The molecule has 9 nitrogen and oxygen atoms in total. The maximum Gasteiger partial charge on any atom is 0.265 e. The standard InChI is InChI=1S/C31H32N4O5/c1-18-24-11-7-19(16-34-17-21-9-8-20(29(36)33-32)14-25(21)30(34)37)13-26(24)31(38)35(18)22-10-12-27(39-2)28(15-22)40-23-5-3-4-6-23/h7-15,18,23H,3-6,16-17,32H2,1-2H3,(H,33,36). The zero-order chi connectivity index (χ0) is 28.0. The van der Waals surface area contributed by atoms with Crippen LogP contribution in [0.25, 0.3) is 0 Å². The Kier molecular flexibility index (Phi) is 6.67. The van der Waals surface area contributed by atoms with E-state index in [0.29, 0.717) is 41.3 Å². The van der Waals surface area contributed by atoms with Crippen molar-refractivity contribution in [3.63, 3.8) is 0 Å². The van der Waals surface area contributed by atoms with Gasteiger partial charge >= 0.3 is 0 Å². The van der Waals surface area contributed by atoms with Crippen LogP contribution in [0.15, 0.2) is 54.6 Å². The molecule has 3 aromatic rings. The molecule has 0 aromatic heterocycles. The summed E-state index contributed by atoms with van der Waals surface area (Å²) in [4.78, 5) is 42.2. The first kappa shape index (κ1) is 25.9. The summed E-state index contributed by atoms with van der Waals surface area (Å²) < 4.78 is 11.8. The molecule has 3 aromatic carbocycles. The lowest BCUT2D eigenvalue weighted by Crippen LogP contribution is -2.30. The van der Waals surface area contributed by atoms with Gasteiger partial charge in [-0.15, -0.1) is 0 Å². The minimum Gasteiger partial charge on any atom is -0.493 e. The summed E-state index contributed by atoms with van der Waals surface area (Å²) in [7, 11) is 1.62. The highest BCUT2D eigenvalue weighted by Gasteiger charge is 2.36. The highest BCUT2D eigenvalue weighted by atomic mass is 16.5. The second-order valence-electron chi connectivity index (χ2n) is 10.6. The number of hydrazine groups is 1. The largest absolute Gasteiger partial charge is 0.493 e. The monoisotopic (exact) mass is 540 g/mol. The molecule has 3 aliphatic rings. The third-order valence-corrected chi connectivity index (χ3v) is 8.18. The van der Waals surface area contributed by atoms with Gasteiger partial charge in [0.25, 0.3) is 17.7 Å². The quantitative estimate of drug-likeness (QED) is 0.259. The number of ether oxygens (including phenoxy) is 2. The van der Waals surface area contributed by atoms with E-state index in [-0.39, 0.29) is 24.0 Å². The first-order valence-corrected chi connectivity index (χ1v) is 13.6. The van der Waals surface area contributed by atoms with Crippen molar-refractivity contribution in [1.29, 1.82) is 0 Å². The molecule has 40 heavy (non-hydrogen) atoms. The van der Waals surface area contributed by atoms with Crippen LogP contribution in [0.1, 0.15) is 86.4 Å². The lowest BCUT2D eigenvalue weighted by molar-refractivity contribution is 0.0766. The van der Waals surface area contributed by atoms with E-state index in [1.165, 1.54) is 0 Å². The molecule has 0 radical (unpaired) electrons. The highest BCUT2D eigenvalue weighted by Crippen LogP contribution is 2.42. The van der Waals surface area contributed by atoms with E-state index >= 15 is 0 Å². The molecule has 1 aliphatic carbocycles. The van der Waals surface area contributed by atoms with Gasteiger partial charge in [0.1, 0.15) is 0 Å². The highest BCUT2D eigenvalue weighted by molar-refractivity contribution is 6.11. The number of amides is 3. The SMILES string of the molecule is COc1ccc(N2C(=O)c3cc(CN4Cc5ccc(C(=O)NN)cc5C4=O)ccc3C2C)cc1OC1CCCC1. The van der Waals surface area contributed by atoms with E-state index in [0.717, 1.165) is 48.1 Å². The number of methoxy groups -OCH3 is 1. The van der Waals surface area contributed by atoms with E-state index in [9.17, 15) is 14.4 Å². The van der Waals surface area contributed by atoms with E-state index in [1.54, 1.807) is 35.1 Å². The topological polar surface area (TPSA) is 114 Å². The molecule has 2 heterocycles. The molecule has 0 saturated heterocycles. The van der Waals surface area contributed by atoms with Crippen LogP contribution >= 0.6 is 0 Å². The second kappa shape index (κ2) is 10.3. The number of benzene rings is 3. The summed E-state index contributed by atoms with van der Waals surface area (Å²) in [5.74, 6) is 5.86.